The Kier molecular flexibility index (Phi) is 3.31. The van der Waals surface area contributed by atoms with Crippen LogP contribution in [0.1, 0.15) is 0 Å². The number of aromatic nitrogens is 4. The highest BCUT2D eigenvalue weighted by molar-refractivity contribution is 9.10. The Bertz CT molecular complexity index is 572. The van der Waals surface area contributed by atoms with Gasteiger partial charge in [0.05, 0.1) is 0 Å². The molecule has 2 heterocycles. The molecule has 2 aromatic heterocycles. The summed E-state index contributed by atoms with van der Waals surface area (Å²) in [5.41, 5.74) is 0.906. The van der Waals surface area contributed by atoms with Crippen molar-refractivity contribution in [2.24, 2.45) is 0 Å². The molecule has 0 atom stereocenters. The van der Waals surface area contributed by atoms with Crippen LogP contribution in [0.4, 0.5) is 0 Å². The zero-order valence-electron chi connectivity index (χ0n) is 8.35. The lowest BCUT2D eigenvalue weighted by Crippen LogP contribution is -1.98. The van der Waals surface area contributed by atoms with E-state index in [0.717, 1.165) is 15.9 Å². The number of nitrogens with zero attached hydrogens (tertiary/aromatic N) is 3. The summed E-state index contributed by atoms with van der Waals surface area (Å²) in [6.45, 7) is 4.32. The second kappa shape index (κ2) is 4.71. The average Bonchev–Trinajstić information content (AvgIpc) is 2.61. The van der Waals surface area contributed by atoms with Crippen LogP contribution < -0.4 is 0 Å². The number of allylic oxidation sites excluding steroid dienone is 1. The van der Waals surface area contributed by atoms with Gasteiger partial charge in [-0.2, -0.15) is 5.10 Å². The molecule has 0 unspecified atom stereocenters. The zero-order chi connectivity index (χ0) is 11.5. The number of hydrogen-bond acceptors (Lipinski definition) is 3. The number of aromatic amines is 1. The standard InChI is InChI=1S/C10H9BrN4S/c1-2-3-15-9(13-14-10(15)16)7-4-8(11)6-12-5-7/h2,4-6H,1,3H2,(H,14,16). The molecule has 0 aliphatic heterocycles. The van der Waals surface area contributed by atoms with Gasteiger partial charge in [-0.1, -0.05) is 6.08 Å². The third-order valence-corrected chi connectivity index (χ3v) is 2.78. The number of hydrogen-bond donors (Lipinski definition) is 1. The van der Waals surface area contributed by atoms with Gasteiger partial charge in [-0.25, -0.2) is 0 Å². The van der Waals surface area contributed by atoms with Gasteiger partial charge in [0.25, 0.3) is 0 Å². The van der Waals surface area contributed by atoms with E-state index in [9.17, 15) is 0 Å². The minimum absolute atomic E-state index is 0.579. The Labute approximate surface area is 106 Å². The fourth-order valence-corrected chi connectivity index (χ4v) is 1.94. The largest absolute Gasteiger partial charge is 0.296 e. The molecule has 0 amide bonds. The first-order chi connectivity index (χ1) is 7.72. The molecule has 82 valence electrons. The predicted molar refractivity (Wildman–Crippen MR) is 68.5 cm³/mol. The minimum Gasteiger partial charge on any atom is -0.296 e. The van der Waals surface area contributed by atoms with Crippen molar-refractivity contribution in [3.63, 3.8) is 0 Å². The molecule has 0 aromatic carbocycles. The highest BCUT2D eigenvalue weighted by atomic mass is 79.9. The Morgan fingerprint density at radius 1 is 1.56 bits per heavy atom. The molecule has 0 saturated heterocycles. The Hall–Kier alpha value is -1.27. The molecule has 2 aromatic rings. The van der Waals surface area contributed by atoms with E-state index >= 15 is 0 Å². The van der Waals surface area contributed by atoms with Gasteiger partial charge in [0.15, 0.2) is 10.6 Å². The lowest BCUT2D eigenvalue weighted by Gasteiger charge is -2.03. The molecule has 0 bridgehead atoms. The van der Waals surface area contributed by atoms with Gasteiger partial charge in [0.1, 0.15) is 0 Å². The van der Waals surface area contributed by atoms with Crippen molar-refractivity contribution < 1.29 is 0 Å². The van der Waals surface area contributed by atoms with Crippen LogP contribution in [-0.4, -0.2) is 19.7 Å². The smallest absolute Gasteiger partial charge is 0.195 e. The first-order valence-electron chi connectivity index (χ1n) is 4.59. The monoisotopic (exact) mass is 296 g/mol. The summed E-state index contributed by atoms with van der Waals surface area (Å²) in [7, 11) is 0. The summed E-state index contributed by atoms with van der Waals surface area (Å²) < 4.78 is 3.35. The van der Waals surface area contributed by atoms with E-state index in [1.807, 2.05) is 10.6 Å². The van der Waals surface area contributed by atoms with Gasteiger partial charge >= 0.3 is 0 Å². The molecule has 16 heavy (non-hydrogen) atoms. The summed E-state index contributed by atoms with van der Waals surface area (Å²) in [6.07, 6.45) is 5.25. The van der Waals surface area contributed by atoms with Gasteiger partial charge in [-0.15, -0.1) is 6.58 Å². The van der Waals surface area contributed by atoms with Crippen LogP contribution in [0, 0.1) is 4.77 Å². The first kappa shape index (κ1) is 11.2. The summed E-state index contributed by atoms with van der Waals surface area (Å²) in [6, 6.07) is 1.94. The van der Waals surface area contributed by atoms with Gasteiger partial charge in [0.2, 0.25) is 0 Å². The second-order valence-electron chi connectivity index (χ2n) is 3.14. The summed E-state index contributed by atoms with van der Waals surface area (Å²) in [4.78, 5) is 4.10. The molecule has 1 N–H and O–H groups in total. The van der Waals surface area contributed by atoms with Crippen LogP contribution in [0.5, 0.6) is 0 Å². The SMILES string of the molecule is C=CCn1c(-c2cncc(Br)c2)n[nH]c1=S. The molecule has 0 aliphatic rings. The molecule has 0 spiro atoms. The van der Waals surface area contributed by atoms with Crippen LogP contribution in [0.25, 0.3) is 11.4 Å². The van der Waals surface area contributed by atoms with E-state index in [4.69, 9.17) is 12.2 Å². The van der Waals surface area contributed by atoms with Crippen molar-refractivity contribution in [2.45, 2.75) is 6.54 Å². The molecule has 0 aliphatic carbocycles. The molecule has 0 saturated carbocycles. The molecular formula is C10H9BrN4S. The fourth-order valence-electron chi connectivity index (χ4n) is 1.37. The Morgan fingerprint density at radius 2 is 2.38 bits per heavy atom. The Morgan fingerprint density at radius 3 is 3.06 bits per heavy atom. The van der Waals surface area contributed by atoms with Crippen molar-refractivity contribution in [2.75, 3.05) is 0 Å². The van der Waals surface area contributed by atoms with E-state index in [2.05, 4.69) is 37.7 Å². The van der Waals surface area contributed by atoms with E-state index < -0.39 is 0 Å². The second-order valence-corrected chi connectivity index (χ2v) is 4.45. The maximum absolute atomic E-state index is 5.14. The molecule has 4 nitrogen and oxygen atoms in total. The van der Waals surface area contributed by atoms with Crippen LogP contribution in [0.3, 0.4) is 0 Å². The van der Waals surface area contributed by atoms with Gasteiger partial charge in [0, 0.05) is 29.0 Å². The summed E-state index contributed by atoms with van der Waals surface area (Å²) in [5.74, 6) is 0.763. The van der Waals surface area contributed by atoms with Crippen molar-refractivity contribution in [1.29, 1.82) is 0 Å². The van der Waals surface area contributed by atoms with Crippen molar-refractivity contribution in [3.05, 3.63) is 40.4 Å². The maximum Gasteiger partial charge on any atom is 0.195 e. The molecule has 0 fully saturated rings. The average molecular weight is 297 g/mol. The van der Waals surface area contributed by atoms with Crippen LogP contribution in [0.2, 0.25) is 0 Å². The van der Waals surface area contributed by atoms with Gasteiger partial charge in [-0.3, -0.25) is 14.6 Å². The third kappa shape index (κ3) is 2.12. The normalized spacial score (nSPS) is 10.3. The lowest BCUT2D eigenvalue weighted by atomic mass is 10.3. The quantitative estimate of drug-likeness (QED) is 0.700. The fraction of sp³-hybridized carbons (Fsp3) is 0.100. The van der Waals surface area contributed by atoms with E-state index in [-0.39, 0.29) is 0 Å². The predicted octanol–water partition coefficient (Wildman–Crippen LogP) is 2.95. The van der Waals surface area contributed by atoms with Crippen LogP contribution in [0.15, 0.2) is 35.6 Å². The van der Waals surface area contributed by atoms with Crippen molar-refractivity contribution in [3.8, 4) is 11.4 Å². The maximum atomic E-state index is 5.14. The molecule has 6 heteroatoms. The molecular weight excluding hydrogens is 288 g/mol. The number of nitrogens with one attached hydrogen (secondary N) is 1. The number of H-pyrrole nitrogens is 1. The third-order valence-electron chi connectivity index (χ3n) is 2.03. The lowest BCUT2D eigenvalue weighted by molar-refractivity contribution is 0.813. The van der Waals surface area contributed by atoms with Crippen molar-refractivity contribution >= 4 is 28.1 Å². The first-order valence-corrected chi connectivity index (χ1v) is 5.79. The van der Waals surface area contributed by atoms with E-state index in [0.29, 0.717) is 11.3 Å². The number of halogens is 1. The minimum atomic E-state index is 0.579. The van der Waals surface area contributed by atoms with Gasteiger partial charge in [-0.05, 0) is 34.2 Å². The summed E-state index contributed by atoms with van der Waals surface area (Å²) >= 11 is 8.51. The highest BCUT2D eigenvalue weighted by Gasteiger charge is 2.08. The van der Waals surface area contributed by atoms with Crippen molar-refractivity contribution in [1.82, 2.24) is 19.7 Å². The topological polar surface area (TPSA) is 46.5 Å². The van der Waals surface area contributed by atoms with E-state index in [1.54, 1.807) is 18.5 Å². The number of pyridine rings is 1. The number of rotatable bonds is 3. The molecule has 0 radical (unpaired) electrons. The van der Waals surface area contributed by atoms with Crippen LogP contribution >= 0.6 is 28.1 Å². The highest BCUT2D eigenvalue weighted by Crippen LogP contribution is 2.19. The Balaban J connectivity index is 2.55. The van der Waals surface area contributed by atoms with E-state index in [1.165, 1.54) is 0 Å². The van der Waals surface area contributed by atoms with Crippen LogP contribution in [-0.2, 0) is 6.54 Å². The van der Waals surface area contributed by atoms with Gasteiger partial charge < -0.3 is 0 Å². The molecule has 2 rings (SSSR count). The summed E-state index contributed by atoms with van der Waals surface area (Å²) in [5, 5.41) is 6.95. The zero-order valence-corrected chi connectivity index (χ0v) is 10.8.